The van der Waals surface area contributed by atoms with E-state index in [1.54, 1.807) is 6.20 Å². The summed E-state index contributed by atoms with van der Waals surface area (Å²) in [6.07, 6.45) is 9.84. The molecule has 2 N–H and O–H groups in total. The molecule has 2 unspecified atom stereocenters. The van der Waals surface area contributed by atoms with Gasteiger partial charge in [0.25, 0.3) is 0 Å². The van der Waals surface area contributed by atoms with E-state index in [0.717, 1.165) is 48.6 Å². The zero-order valence-corrected chi connectivity index (χ0v) is 18.5. The highest BCUT2D eigenvalue weighted by Crippen LogP contribution is 2.61. The molecule has 0 amide bonds. The number of rotatable bonds is 6. The highest BCUT2D eigenvalue weighted by molar-refractivity contribution is 5.94. The average Bonchev–Trinajstić information content (AvgIpc) is 3.60. The van der Waals surface area contributed by atoms with Crippen LogP contribution in [0.5, 0.6) is 0 Å². The minimum atomic E-state index is -0.634. The number of benzene rings is 1. The molecule has 0 radical (unpaired) electrons. The standard InChI is InChI=1S/C26H28N4O3/c27-15-29-23(30-22-19-9-16-10-20(22)13-25(11-16,12-19)24(31)32)26(6-7-26)33-14-18-4-1-3-17-5-2-8-28-21(17)18/h1-5,8,16,19-20,22H,6-7,9-14H2,(H,29,30)(H,31,32). The molecule has 2 aromatic rings. The number of para-hydroxylation sites is 1. The predicted molar refractivity (Wildman–Crippen MR) is 122 cm³/mol. The number of aromatic nitrogens is 1. The number of fused-ring (bicyclic) bond motifs is 1. The van der Waals surface area contributed by atoms with Crippen molar-refractivity contribution in [2.75, 3.05) is 0 Å². The fraction of sp³-hybridized carbons (Fsp3) is 0.538. The van der Waals surface area contributed by atoms with Crippen molar-refractivity contribution in [3.63, 3.8) is 0 Å². The van der Waals surface area contributed by atoms with E-state index in [1.807, 2.05) is 30.3 Å². The van der Waals surface area contributed by atoms with Crippen molar-refractivity contribution in [2.45, 2.75) is 63.2 Å². The van der Waals surface area contributed by atoms with Crippen LogP contribution in [0.1, 0.15) is 50.5 Å². The topological polar surface area (TPSA) is 108 Å². The lowest BCUT2D eigenvalue weighted by Crippen LogP contribution is -2.56. The number of carboxylic acid groups (broad SMARTS) is 1. The van der Waals surface area contributed by atoms with Crippen molar-refractivity contribution < 1.29 is 14.6 Å². The van der Waals surface area contributed by atoms with Gasteiger partial charge in [0.1, 0.15) is 11.4 Å². The number of nitrogens with one attached hydrogen (secondary N) is 1. The Morgan fingerprint density at radius 2 is 1.97 bits per heavy atom. The second kappa shape index (κ2) is 7.53. The summed E-state index contributed by atoms with van der Waals surface area (Å²) in [6, 6.07) is 10.1. The van der Waals surface area contributed by atoms with E-state index >= 15 is 0 Å². The van der Waals surface area contributed by atoms with Crippen molar-refractivity contribution in [2.24, 2.45) is 28.2 Å². The van der Waals surface area contributed by atoms with Crippen molar-refractivity contribution in [1.82, 2.24) is 10.3 Å². The predicted octanol–water partition coefficient (Wildman–Crippen LogP) is 4.03. The van der Waals surface area contributed by atoms with Crippen LogP contribution >= 0.6 is 0 Å². The number of hydrogen-bond acceptors (Lipinski definition) is 5. The number of aliphatic imine (C=N–C) groups is 1. The van der Waals surface area contributed by atoms with Crippen LogP contribution in [-0.4, -0.2) is 33.5 Å². The van der Waals surface area contributed by atoms with Gasteiger partial charge >= 0.3 is 5.97 Å². The molecule has 5 aliphatic rings. The van der Waals surface area contributed by atoms with Crippen LogP contribution in [-0.2, 0) is 16.1 Å². The van der Waals surface area contributed by atoms with E-state index in [9.17, 15) is 15.2 Å². The summed E-state index contributed by atoms with van der Waals surface area (Å²) in [5.41, 5.74) is 0.836. The Morgan fingerprint density at radius 3 is 2.67 bits per heavy atom. The normalized spacial score (nSPS) is 33.6. The molecule has 7 rings (SSSR count). The minimum Gasteiger partial charge on any atom is -0.481 e. The van der Waals surface area contributed by atoms with Gasteiger partial charge in [-0.05, 0) is 68.8 Å². The number of pyridine rings is 1. The maximum atomic E-state index is 12.1. The maximum absolute atomic E-state index is 12.1. The summed E-state index contributed by atoms with van der Waals surface area (Å²) in [7, 11) is 0. The zero-order chi connectivity index (χ0) is 22.6. The summed E-state index contributed by atoms with van der Waals surface area (Å²) in [4.78, 5) is 21.7. The number of amidine groups is 1. The Morgan fingerprint density at radius 1 is 1.21 bits per heavy atom. The molecule has 33 heavy (non-hydrogen) atoms. The van der Waals surface area contributed by atoms with E-state index in [1.165, 1.54) is 0 Å². The Balaban J connectivity index is 1.25. The summed E-state index contributed by atoms with van der Waals surface area (Å²) in [6.45, 7) is 0.405. The van der Waals surface area contributed by atoms with Crippen LogP contribution in [0.2, 0.25) is 0 Å². The molecule has 0 saturated heterocycles. The van der Waals surface area contributed by atoms with E-state index in [2.05, 4.69) is 16.5 Å². The summed E-state index contributed by atoms with van der Waals surface area (Å²) < 4.78 is 6.42. The fourth-order valence-corrected chi connectivity index (χ4v) is 7.00. The molecular formula is C26H28N4O3. The first kappa shape index (κ1) is 20.6. The summed E-state index contributed by atoms with van der Waals surface area (Å²) in [5.74, 6) is 1.05. The smallest absolute Gasteiger partial charge is 0.309 e. The quantitative estimate of drug-likeness (QED) is 0.301. The molecule has 170 valence electrons. The molecule has 5 saturated carbocycles. The monoisotopic (exact) mass is 444 g/mol. The number of aliphatic carboxylic acids is 1. The maximum Gasteiger partial charge on any atom is 0.309 e. The second-order valence-corrected chi connectivity index (χ2v) is 10.5. The molecule has 1 aromatic carbocycles. The van der Waals surface area contributed by atoms with Gasteiger partial charge in [-0.1, -0.05) is 24.3 Å². The van der Waals surface area contributed by atoms with Gasteiger partial charge in [0, 0.05) is 17.1 Å². The van der Waals surface area contributed by atoms with Gasteiger partial charge in [0.05, 0.1) is 23.6 Å². The number of carboxylic acids is 1. The van der Waals surface area contributed by atoms with Gasteiger partial charge in [-0.3, -0.25) is 20.1 Å². The van der Waals surface area contributed by atoms with Gasteiger partial charge in [0.2, 0.25) is 0 Å². The number of nitriles is 1. The first-order valence-corrected chi connectivity index (χ1v) is 12.0. The van der Waals surface area contributed by atoms with E-state index in [0.29, 0.717) is 31.2 Å². The van der Waals surface area contributed by atoms with E-state index < -0.39 is 17.0 Å². The number of carbonyl (C=O) groups is 1. The van der Waals surface area contributed by atoms with Crippen LogP contribution in [0.3, 0.4) is 0 Å². The first-order chi connectivity index (χ1) is 16.0. The molecule has 5 aliphatic carbocycles. The number of nitrogens with zero attached hydrogens (tertiary/aromatic N) is 3. The number of ether oxygens (including phenoxy) is 1. The van der Waals surface area contributed by atoms with Crippen LogP contribution in [0.25, 0.3) is 10.9 Å². The van der Waals surface area contributed by atoms with Crippen molar-refractivity contribution in [1.29, 1.82) is 5.26 Å². The molecule has 2 atom stereocenters. The second-order valence-electron chi connectivity index (χ2n) is 10.5. The Labute approximate surface area is 192 Å². The molecule has 7 heteroatoms. The average molecular weight is 445 g/mol. The largest absolute Gasteiger partial charge is 0.481 e. The fourth-order valence-electron chi connectivity index (χ4n) is 7.00. The Bertz CT molecular complexity index is 1160. The van der Waals surface area contributed by atoms with Gasteiger partial charge < -0.3 is 9.84 Å². The molecule has 1 heterocycles. The Hall–Kier alpha value is -2.98. The Kier molecular flexibility index (Phi) is 4.70. The SMILES string of the molecule is N#CNC(=NC1C2CC3CC1CC(C(=O)O)(C3)C2)C1(OCc2cccc3cccnc23)CC1. The highest BCUT2D eigenvalue weighted by Gasteiger charge is 2.59. The van der Waals surface area contributed by atoms with Crippen molar-refractivity contribution in [3.8, 4) is 6.19 Å². The molecule has 5 fully saturated rings. The first-order valence-electron chi connectivity index (χ1n) is 12.0. The summed E-state index contributed by atoms with van der Waals surface area (Å²) >= 11 is 0. The third-order valence-electron chi connectivity index (χ3n) is 8.49. The molecule has 7 nitrogen and oxygen atoms in total. The molecule has 1 aromatic heterocycles. The van der Waals surface area contributed by atoms with E-state index in [-0.39, 0.29) is 17.9 Å². The van der Waals surface area contributed by atoms with E-state index in [4.69, 9.17) is 9.73 Å². The lowest BCUT2D eigenvalue weighted by molar-refractivity contribution is -0.166. The van der Waals surface area contributed by atoms with Gasteiger partial charge in [0.15, 0.2) is 6.19 Å². The molecule has 0 spiro atoms. The number of hydrogen-bond donors (Lipinski definition) is 2. The van der Waals surface area contributed by atoms with Crippen molar-refractivity contribution >= 4 is 22.7 Å². The minimum absolute atomic E-state index is 0.0742. The van der Waals surface area contributed by atoms with Crippen LogP contribution in [0.15, 0.2) is 41.5 Å². The third-order valence-corrected chi connectivity index (χ3v) is 8.49. The van der Waals surface area contributed by atoms with Gasteiger partial charge in [-0.25, -0.2) is 0 Å². The van der Waals surface area contributed by atoms with Gasteiger partial charge in [-0.15, -0.1) is 0 Å². The molecular weight excluding hydrogens is 416 g/mol. The van der Waals surface area contributed by atoms with Crippen molar-refractivity contribution in [3.05, 3.63) is 42.1 Å². The molecule has 0 aliphatic heterocycles. The lowest BCUT2D eigenvalue weighted by Gasteiger charge is -2.57. The van der Waals surface area contributed by atoms with Gasteiger partial charge in [-0.2, -0.15) is 5.26 Å². The zero-order valence-electron chi connectivity index (χ0n) is 18.5. The highest BCUT2D eigenvalue weighted by atomic mass is 16.5. The lowest BCUT2D eigenvalue weighted by atomic mass is 9.48. The molecule has 4 bridgehead atoms. The third kappa shape index (κ3) is 3.39. The summed E-state index contributed by atoms with van der Waals surface area (Å²) in [5, 5.41) is 23.3. The van der Waals surface area contributed by atoms with Crippen LogP contribution in [0, 0.1) is 34.6 Å². The van der Waals surface area contributed by atoms with Crippen LogP contribution < -0.4 is 5.32 Å². The van der Waals surface area contributed by atoms with Crippen LogP contribution in [0.4, 0.5) is 0 Å².